The van der Waals surface area contributed by atoms with E-state index in [2.05, 4.69) is 9.73 Å². The molecule has 0 bridgehead atoms. The van der Waals surface area contributed by atoms with Crippen molar-refractivity contribution in [3.63, 3.8) is 0 Å². The number of alkyl halides is 3. The normalized spacial score (nSPS) is 34.8. The van der Waals surface area contributed by atoms with Crippen molar-refractivity contribution in [2.45, 2.75) is 44.5 Å². The Morgan fingerprint density at radius 3 is 2.65 bits per heavy atom. The number of halogens is 4. The molecule has 1 aliphatic heterocycles. The molecule has 0 aromatic heterocycles. The molecule has 2 unspecified atom stereocenters. The van der Waals surface area contributed by atoms with E-state index in [0.717, 1.165) is 5.57 Å². The third-order valence-electron chi connectivity index (χ3n) is 3.73. The first-order valence-electron chi connectivity index (χ1n) is 6.23. The van der Waals surface area contributed by atoms with Crippen LogP contribution in [0.25, 0.3) is 0 Å². The van der Waals surface area contributed by atoms with E-state index >= 15 is 0 Å². The lowest BCUT2D eigenvalue weighted by atomic mass is 9.75. The van der Waals surface area contributed by atoms with Crippen LogP contribution in [0.2, 0.25) is 0 Å². The van der Waals surface area contributed by atoms with Crippen molar-refractivity contribution in [1.29, 1.82) is 0 Å². The number of rotatable bonds is 1. The molecule has 2 aliphatic rings. The predicted molar refractivity (Wildman–Crippen MR) is 66.6 cm³/mol. The number of amidine groups is 1. The number of ether oxygens (including phenoxy) is 1. The van der Waals surface area contributed by atoms with Crippen LogP contribution in [-0.4, -0.2) is 23.8 Å². The van der Waals surface area contributed by atoms with Crippen LogP contribution in [0.15, 0.2) is 28.5 Å². The predicted octanol–water partition coefficient (Wildman–Crippen LogP) is 3.23. The second-order valence-electron chi connectivity index (χ2n) is 5.48. The van der Waals surface area contributed by atoms with Crippen molar-refractivity contribution >= 4 is 6.02 Å². The minimum atomic E-state index is -4.55. The maximum absolute atomic E-state index is 14.0. The Balaban J connectivity index is 2.32. The Morgan fingerprint density at radius 2 is 2.05 bits per heavy atom. The summed E-state index contributed by atoms with van der Waals surface area (Å²) in [4.78, 5) is 3.95. The van der Waals surface area contributed by atoms with E-state index in [1.807, 2.05) is 0 Å². The van der Waals surface area contributed by atoms with E-state index in [4.69, 9.17) is 5.73 Å². The third kappa shape index (κ3) is 2.81. The monoisotopic (exact) mass is 292 g/mol. The van der Waals surface area contributed by atoms with Gasteiger partial charge in [-0.2, -0.15) is 13.2 Å². The van der Waals surface area contributed by atoms with E-state index in [-0.39, 0.29) is 0 Å². The van der Waals surface area contributed by atoms with Gasteiger partial charge in [-0.1, -0.05) is 11.6 Å². The highest BCUT2D eigenvalue weighted by molar-refractivity contribution is 5.73. The van der Waals surface area contributed by atoms with Crippen molar-refractivity contribution in [2.75, 3.05) is 0 Å². The maximum Gasteiger partial charge on any atom is 0.425 e. The average Bonchev–Trinajstić information content (AvgIpc) is 2.30. The van der Waals surface area contributed by atoms with Gasteiger partial charge in [-0.05, 0) is 26.3 Å². The van der Waals surface area contributed by atoms with Crippen molar-refractivity contribution in [3.8, 4) is 0 Å². The van der Waals surface area contributed by atoms with E-state index in [9.17, 15) is 17.6 Å². The van der Waals surface area contributed by atoms with Crippen LogP contribution < -0.4 is 5.73 Å². The summed E-state index contributed by atoms with van der Waals surface area (Å²) in [5.74, 6) is -1.22. The zero-order chi connectivity index (χ0) is 15.1. The lowest BCUT2D eigenvalue weighted by molar-refractivity contribution is -0.209. The van der Waals surface area contributed by atoms with Crippen LogP contribution in [0.4, 0.5) is 17.6 Å². The second kappa shape index (κ2) is 4.79. The fourth-order valence-corrected chi connectivity index (χ4v) is 2.63. The first kappa shape index (κ1) is 14.9. The largest absolute Gasteiger partial charge is 0.452 e. The highest BCUT2D eigenvalue weighted by Gasteiger charge is 2.52. The van der Waals surface area contributed by atoms with Crippen LogP contribution in [0.5, 0.6) is 0 Å². The van der Waals surface area contributed by atoms with E-state index < -0.39 is 42.0 Å². The van der Waals surface area contributed by atoms with E-state index in [1.54, 1.807) is 13.0 Å². The van der Waals surface area contributed by atoms with Crippen LogP contribution >= 0.6 is 0 Å². The van der Waals surface area contributed by atoms with Gasteiger partial charge in [0.1, 0.15) is 5.83 Å². The van der Waals surface area contributed by atoms with Gasteiger partial charge >= 0.3 is 6.18 Å². The number of nitrogens with zero attached hydrogens (tertiary/aromatic N) is 1. The summed E-state index contributed by atoms with van der Waals surface area (Å²) in [7, 11) is 0. The number of hydrogen-bond donors (Lipinski definition) is 1. The summed E-state index contributed by atoms with van der Waals surface area (Å²) in [5, 5.41) is 0. The van der Waals surface area contributed by atoms with Gasteiger partial charge < -0.3 is 10.5 Å². The van der Waals surface area contributed by atoms with Crippen molar-refractivity contribution in [1.82, 2.24) is 0 Å². The minimum Gasteiger partial charge on any atom is -0.452 e. The Morgan fingerprint density at radius 1 is 1.40 bits per heavy atom. The molecule has 0 aromatic rings. The SMILES string of the molecule is CC1=CC=C(F)C([C@]2(C)CC(C(F)(F)F)OC(N)=N2)C1. The van der Waals surface area contributed by atoms with E-state index in [1.165, 1.54) is 13.0 Å². The van der Waals surface area contributed by atoms with E-state index in [0.29, 0.717) is 6.42 Å². The topological polar surface area (TPSA) is 47.6 Å². The van der Waals surface area contributed by atoms with Gasteiger partial charge in [-0.3, -0.25) is 0 Å². The zero-order valence-electron chi connectivity index (χ0n) is 11.2. The first-order valence-corrected chi connectivity index (χ1v) is 6.23. The lowest BCUT2D eigenvalue weighted by Crippen LogP contribution is -2.50. The average molecular weight is 292 g/mol. The number of aliphatic imine (C=N–C) groups is 1. The molecule has 112 valence electrons. The minimum absolute atomic E-state index is 0.320. The molecule has 0 amide bonds. The number of hydrogen-bond acceptors (Lipinski definition) is 3. The number of allylic oxidation sites excluding steroid dienone is 3. The molecule has 0 spiro atoms. The van der Waals surface area contributed by atoms with Crippen LogP contribution in [0.1, 0.15) is 26.7 Å². The van der Waals surface area contributed by atoms with Gasteiger partial charge in [0.2, 0.25) is 0 Å². The van der Waals surface area contributed by atoms with Gasteiger partial charge in [0, 0.05) is 12.3 Å². The van der Waals surface area contributed by atoms with Gasteiger partial charge in [-0.25, -0.2) is 9.38 Å². The second-order valence-corrected chi connectivity index (χ2v) is 5.48. The van der Waals surface area contributed by atoms with Gasteiger partial charge in [0.25, 0.3) is 6.02 Å². The summed E-state index contributed by atoms with van der Waals surface area (Å²) in [6, 6.07) is -0.541. The fourth-order valence-electron chi connectivity index (χ4n) is 2.63. The van der Waals surface area contributed by atoms with Crippen LogP contribution in [0, 0.1) is 5.92 Å². The smallest absolute Gasteiger partial charge is 0.425 e. The number of nitrogens with two attached hydrogens (primary N) is 1. The first-order chi connectivity index (χ1) is 9.12. The molecule has 1 heterocycles. The lowest BCUT2D eigenvalue weighted by Gasteiger charge is -2.40. The molecule has 3 atom stereocenters. The molecule has 0 radical (unpaired) electrons. The Kier molecular flexibility index (Phi) is 3.56. The molecule has 1 aliphatic carbocycles. The van der Waals surface area contributed by atoms with Crippen LogP contribution in [0.3, 0.4) is 0 Å². The van der Waals surface area contributed by atoms with Gasteiger partial charge in [0.05, 0.1) is 5.54 Å². The fraction of sp³-hybridized carbons (Fsp3) is 0.615. The summed E-state index contributed by atoms with van der Waals surface area (Å²) in [6.45, 7) is 3.28. The Hall–Kier alpha value is -1.53. The van der Waals surface area contributed by atoms with Gasteiger partial charge in [0.15, 0.2) is 6.10 Å². The van der Waals surface area contributed by atoms with Gasteiger partial charge in [-0.15, -0.1) is 0 Å². The molecule has 2 rings (SSSR count). The third-order valence-corrected chi connectivity index (χ3v) is 3.73. The zero-order valence-corrected chi connectivity index (χ0v) is 11.2. The van der Waals surface area contributed by atoms with Crippen molar-refractivity contribution in [3.05, 3.63) is 23.6 Å². The maximum atomic E-state index is 14.0. The highest BCUT2D eigenvalue weighted by atomic mass is 19.4. The molecule has 0 aromatic carbocycles. The van der Waals surface area contributed by atoms with Crippen molar-refractivity contribution in [2.24, 2.45) is 16.6 Å². The Labute approximate surface area is 114 Å². The summed E-state index contributed by atoms with van der Waals surface area (Å²) in [5.41, 5.74) is 4.98. The molecule has 20 heavy (non-hydrogen) atoms. The summed E-state index contributed by atoms with van der Waals surface area (Å²) < 4.78 is 57.1. The molecule has 2 N–H and O–H groups in total. The Bertz CT molecular complexity index is 495. The molecular weight excluding hydrogens is 276 g/mol. The summed E-state index contributed by atoms with van der Waals surface area (Å²) >= 11 is 0. The van der Waals surface area contributed by atoms with Crippen LogP contribution in [-0.2, 0) is 4.74 Å². The summed E-state index contributed by atoms with van der Waals surface area (Å²) in [6.07, 6.45) is -3.84. The molecule has 0 saturated heterocycles. The molecule has 0 fully saturated rings. The van der Waals surface area contributed by atoms with Crippen molar-refractivity contribution < 1.29 is 22.3 Å². The quantitative estimate of drug-likeness (QED) is 0.754. The molecule has 0 saturated carbocycles. The molecule has 7 heteroatoms. The highest BCUT2D eigenvalue weighted by Crippen LogP contribution is 2.44. The molecule has 3 nitrogen and oxygen atoms in total. The molecular formula is C13H16F4N2O. The standard InChI is InChI=1S/C13H16F4N2O/c1-7-3-4-9(14)8(5-7)12(2)6-10(13(15,16)17)20-11(18)19-12/h3-4,8,10H,5-6H2,1-2H3,(H2,18,19)/t8?,10?,12-/m0/s1.